The molecule has 0 saturated carbocycles. The highest BCUT2D eigenvalue weighted by Gasteiger charge is 2.40. The zero-order chi connectivity index (χ0) is 10.8. The average molecular weight is 207 g/mol. The molecule has 2 heterocycles. The molecule has 0 bridgehead atoms. The Bertz CT molecular complexity index is 346. The molecule has 0 aromatic carbocycles. The SMILES string of the molecule is C=CCCCN1C(=O)C[C@@H]2OC(=O)C=C21. The van der Waals surface area contributed by atoms with E-state index in [1.54, 1.807) is 4.90 Å². The Morgan fingerprint density at radius 3 is 3.13 bits per heavy atom. The first-order chi connectivity index (χ1) is 7.22. The lowest BCUT2D eigenvalue weighted by Crippen LogP contribution is -2.24. The Hall–Kier alpha value is -1.58. The van der Waals surface area contributed by atoms with E-state index in [4.69, 9.17) is 4.74 Å². The van der Waals surface area contributed by atoms with Crippen LogP contribution in [0.15, 0.2) is 24.4 Å². The van der Waals surface area contributed by atoms with Crippen molar-refractivity contribution >= 4 is 11.9 Å². The smallest absolute Gasteiger partial charge is 0.333 e. The number of esters is 1. The first kappa shape index (κ1) is 9.96. The third-order valence-electron chi connectivity index (χ3n) is 2.62. The highest BCUT2D eigenvalue weighted by Crippen LogP contribution is 2.30. The Morgan fingerprint density at radius 1 is 1.60 bits per heavy atom. The molecule has 0 aliphatic carbocycles. The van der Waals surface area contributed by atoms with Crippen LogP contribution in [0.3, 0.4) is 0 Å². The first-order valence-electron chi connectivity index (χ1n) is 5.06. The maximum atomic E-state index is 11.6. The van der Waals surface area contributed by atoms with Crippen LogP contribution < -0.4 is 0 Å². The minimum atomic E-state index is -0.337. The van der Waals surface area contributed by atoms with Gasteiger partial charge in [0.05, 0.1) is 12.1 Å². The zero-order valence-electron chi connectivity index (χ0n) is 8.44. The van der Waals surface area contributed by atoms with Crippen LogP contribution in [-0.4, -0.2) is 29.4 Å². The van der Waals surface area contributed by atoms with Crippen molar-refractivity contribution in [3.8, 4) is 0 Å². The van der Waals surface area contributed by atoms with Gasteiger partial charge >= 0.3 is 5.97 Å². The molecule has 80 valence electrons. The van der Waals surface area contributed by atoms with Crippen molar-refractivity contribution in [2.45, 2.75) is 25.4 Å². The predicted octanol–water partition coefficient (Wildman–Crippen LogP) is 0.994. The summed E-state index contributed by atoms with van der Waals surface area (Å²) < 4.78 is 4.98. The molecule has 0 radical (unpaired) electrons. The lowest BCUT2D eigenvalue weighted by Gasteiger charge is -2.15. The van der Waals surface area contributed by atoms with Crippen molar-refractivity contribution in [1.82, 2.24) is 4.90 Å². The summed E-state index contributed by atoms with van der Waals surface area (Å²) in [7, 11) is 0. The Kier molecular flexibility index (Phi) is 2.58. The molecular formula is C11H13NO3. The first-order valence-corrected chi connectivity index (χ1v) is 5.06. The number of nitrogens with zero attached hydrogens (tertiary/aromatic N) is 1. The van der Waals surface area contributed by atoms with Gasteiger partial charge in [-0.15, -0.1) is 6.58 Å². The molecule has 0 N–H and O–H groups in total. The second kappa shape index (κ2) is 3.88. The van der Waals surface area contributed by atoms with E-state index >= 15 is 0 Å². The Balaban J connectivity index is 2.03. The van der Waals surface area contributed by atoms with Gasteiger partial charge in [-0.2, -0.15) is 0 Å². The van der Waals surface area contributed by atoms with Gasteiger partial charge in [-0.1, -0.05) is 6.08 Å². The number of hydrogen-bond acceptors (Lipinski definition) is 3. The summed E-state index contributed by atoms with van der Waals surface area (Å²) in [5.41, 5.74) is 0.731. The second-order valence-electron chi connectivity index (χ2n) is 3.68. The number of carbonyl (C=O) groups excluding carboxylic acids is 2. The molecule has 4 heteroatoms. The summed E-state index contributed by atoms with van der Waals surface area (Å²) in [5, 5.41) is 0. The van der Waals surface area contributed by atoms with Gasteiger partial charge in [0.15, 0.2) is 6.10 Å². The van der Waals surface area contributed by atoms with Gasteiger partial charge < -0.3 is 9.64 Å². The average Bonchev–Trinajstić information content (AvgIpc) is 2.65. The third kappa shape index (κ3) is 1.79. The molecule has 0 spiro atoms. The molecule has 1 amide bonds. The minimum absolute atomic E-state index is 0.0443. The van der Waals surface area contributed by atoms with E-state index in [9.17, 15) is 9.59 Å². The van der Waals surface area contributed by atoms with Gasteiger partial charge in [-0.25, -0.2) is 4.79 Å². The maximum absolute atomic E-state index is 11.6. The molecule has 0 unspecified atom stereocenters. The van der Waals surface area contributed by atoms with Crippen LogP contribution in [0, 0.1) is 0 Å². The van der Waals surface area contributed by atoms with E-state index in [1.165, 1.54) is 6.08 Å². The summed E-state index contributed by atoms with van der Waals surface area (Å²) >= 11 is 0. The molecule has 2 rings (SSSR count). The van der Waals surface area contributed by atoms with Crippen LogP contribution in [0.5, 0.6) is 0 Å². The highest BCUT2D eigenvalue weighted by atomic mass is 16.5. The summed E-state index contributed by atoms with van der Waals surface area (Å²) in [6, 6.07) is 0. The number of allylic oxidation sites excluding steroid dienone is 1. The number of hydrogen-bond donors (Lipinski definition) is 0. The van der Waals surface area contributed by atoms with E-state index in [0.717, 1.165) is 18.5 Å². The van der Waals surface area contributed by atoms with Crippen LogP contribution in [0.4, 0.5) is 0 Å². The van der Waals surface area contributed by atoms with Crippen molar-refractivity contribution in [2.75, 3.05) is 6.54 Å². The van der Waals surface area contributed by atoms with Crippen molar-refractivity contribution in [1.29, 1.82) is 0 Å². The molecule has 2 aliphatic heterocycles. The molecule has 2 aliphatic rings. The van der Waals surface area contributed by atoms with Crippen LogP contribution in [-0.2, 0) is 14.3 Å². The molecule has 0 aromatic rings. The van der Waals surface area contributed by atoms with Crippen molar-refractivity contribution in [2.24, 2.45) is 0 Å². The number of likely N-dealkylation sites (tertiary alicyclic amines) is 1. The summed E-state index contributed by atoms with van der Waals surface area (Å²) in [4.78, 5) is 24.2. The fourth-order valence-electron chi connectivity index (χ4n) is 1.91. The molecule has 15 heavy (non-hydrogen) atoms. The van der Waals surface area contributed by atoms with Crippen molar-refractivity contribution in [3.05, 3.63) is 24.4 Å². The van der Waals surface area contributed by atoms with Gasteiger partial charge in [0, 0.05) is 12.6 Å². The van der Waals surface area contributed by atoms with Crippen molar-refractivity contribution in [3.63, 3.8) is 0 Å². The van der Waals surface area contributed by atoms with Crippen LogP contribution in [0.2, 0.25) is 0 Å². The van der Waals surface area contributed by atoms with Gasteiger partial charge in [-0.05, 0) is 12.8 Å². The van der Waals surface area contributed by atoms with E-state index in [2.05, 4.69) is 6.58 Å². The highest BCUT2D eigenvalue weighted by molar-refractivity contribution is 5.92. The Labute approximate surface area is 88.2 Å². The summed E-state index contributed by atoms with van der Waals surface area (Å²) in [5.74, 6) is -0.293. The summed E-state index contributed by atoms with van der Waals surface area (Å²) in [6.07, 6.45) is 4.95. The number of fused-ring (bicyclic) bond motifs is 1. The number of rotatable bonds is 4. The third-order valence-corrected chi connectivity index (χ3v) is 2.62. The predicted molar refractivity (Wildman–Crippen MR) is 53.7 cm³/mol. The minimum Gasteiger partial charge on any atom is -0.452 e. The maximum Gasteiger partial charge on any atom is 0.333 e. The molecule has 1 fully saturated rings. The quantitative estimate of drug-likeness (QED) is 0.392. The molecule has 4 nitrogen and oxygen atoms in total. The van der Waals surface area contributed by atoms with Gasteiger partial charge in [0.2, 0.25) is 5.91 Å². The van der Waals surface area contributed by atoms with E-state index in [1.807, 2.05) is 6.08 Å². The lowest BCUT2D eigenvalue weighted by molar-refractivity contribution is -0.139. The number of amides is 1. The molecule has 1 atom stereocenters. The topological polar surface area (TPSA) is 46.6 Å². The van der Waals surface area contributed by atoms with Crippen molar-refractivity contribution < 1.29 is 14.3 Å². The van der Waals surface area contributed by atoms with Gasteiger partial charge in [0.1, 0.15) is 0 Å². The van der Waals surface area contributed by atoms with Gasteiger partial charge in [0.25, 0.3) is 0 Å². The van der Waals surface area contributed by atoms with Gasteiger partial charge in [-0.3, -0.25) is 4.79 Å². The molecular weight excluding hydrogens is 194 g/mol. The standard InChI is InChI=1S/C11H13NO3/c1-2-3-4-5-12-8-6-11(14)15-9(8)7-10(12)13/h2,6,9H,1,3-5,7H2/t9-/m0/s1. The lowest BCUT2D eigenvalue weighted by atomic mass is 10.2. The fourth-order valence-corrected chi connectivity index (χ4v) is 1.91. The molecule has 1 saturated heterocycles. The monoisotopic (exact) mass is 207 g/mol. The van der Waals surface area contributed by atoms with E-state index < -0.39 is 0 Å². The summed E-state index contributed by atoms with van der Waals surface area (Å²) in [6.45, 7) is 4.27. The number of ether oxygens (including phenoxy) is 1. The second-order valence-corrected chi connectivity index (χ2v) is 3.68. The van der Waals surface area contributed by atoms with Crippen LogP contribution >= 0.6 is 0 Å². The molecule has 0 aromatic heterocycles. The van der Waals surface area contributed by atoms with Crippen LogP contribution in [0.25, 0.3) is 0 Å². The Morgan fingerprint density at radius 2 is 2.40 bits per heavy atom. The normalized spacial score (nSPS) is 23.9. The van der Waals surface area contributed by atoms with E-state index in [-0.39, 0.29) is 18.0 Å². The number of carbonyl (C=O) groups is 2. The zero-order valence-corrected chi connectivity index (χ0v) is 8.44. The number of unbranched alkanes of at least 4 members (excludes halogenated alkanes) is 1. The fraction of sp³-hybridized carbons (Fsp3) is 0.455. The van der Waals surface area contributed by atoms with E-state index in [0.29, 0.717) is 13.0 Å². The van der Waals surface area contributed by atoms with Crippen LogP contribution in [0.1, 0.15) is 19.3 Å². The largest absolute Gasteiger partial charge is 0.452 e.